The molecule has 0 saturated heterocycles. The van der Waals surface area contributed by atoms with Crippen LogP contribution in [0.2, 0.25) is 0 Å². The Balaban J connectivity index is 2.52. The average Bonchev–Trinajstić information content (AvgIpc) is 2.51. The summed E-state index contributed by atoms with van der Waals surface area (Å²) in [6.07, 6.45) is 1.29. The Labute approximate surface area is 86.7 Å². The van der Waals surface area contributed by atoms with E-state index in [0.29, 0.717) is 5.69 Å². The molecule has 2 rings (SSSR count). The van der Waals surface area contributed by atoms with E-state index in [9.17, 15) is 8.78 Å². The minimum absolute atomic E-state index is 0.209. The SMILES string of the molecule is Fc1ccc(-c2coc(Br)n2)c(F)c1. The fraction of sp³-hybridized carbons (Fsp3) is 0. The molecule has 0 aliphatic heterocycles. The summed E-state index contributed by atoms with van der Waals surface area (Å²) < 4.78 is 30.6. The first-order valence-corrected chi connectivity index (χ1v) is 4.52. The van der Waals surface area contributed by atoms with Crippen LogP contribution in [0.1, 0.15) is 0 Å². The molecule has 2 aromatic rings. The van der Waals surface area contributed by atoms with Crippen molar-refractivity contribution < 1.29 is 13.2 Å². The number of halogens is 3. The lowest BCUT2D eigenvalue weighted by molar-refractivity contribution is 0.529. The van der Waals surface area contributed by atoms with Crippen molar-refractivity contribution in [2.24, 2.45) is 0 Å². The van der Waals surface area contributed by atoms with Crippen LogP contribution in [0.4, 0.5) is 8.78 Å². The molecule has 2 nitrogen and oxygen atoms in total. The maximum absolute atomic E-state index is 13.2. The number of benzene rings is 1. The third-order valence-corrected chi connectivity index (χ3v) is 2.05. The molecule has 0 bridgehead atoms. The van der Waals surface area contributed by atoms with Crippen molar-refractivity contribution in [2.45, 2.75) is 0 Å². The van der Waals surface area contributed by atoms with E-state index in [4.69, 9.17) is 4.42 Å². The van der Waals surface area contributed by atoms with Crippen molar-refractivity contribution in [1.29, 1.82) is 0 Å². The minimum Gasteiger partial charge on any atom is -0.439 e. The summed E-state index contributed by atoms with van der Waals surface area (Å²) in [6, 6.07) is 3.29. The third kappa shape index (κ3) is 1.68. The highest BCUT2D eigenvalue weighted by molar-refractivity contribution is 9.10. The zero-order chi connectivity index (χ0) is 10.1. The molecule has 0 aliphatic carbocycles. The first-order chi connectivity index (χ1) is 6.66. The van der Waals surface area contributed by atoms with Gasteiger partial charge in [0.2, 0.25) is 0 Å². The van der Waals surface area contributed by atoms with E-state index in [2.05, 4.69) is 20.9 Å². The molecule has 72 valence electrons. The predicted molar refractivity (Wildman–Crippen MR) is 49.6 cm³/mol. The summed E-state index contributed by atoms with van der Waals surface area (Å²) in [7, 11) is 0. The lowest BCUT2D eigenvalue weighted by atomic mass is 10.1. The first-order valence-electron chi connectivity index (χ1n) is 3.73. The van der Waals surface area contributed by atoms with E-state index in [-0.39, 0.29) is 10.4 Å². The molecular weight excluding hydrogens is 256 g/mol. The van der Waals surface area contributed by atoms with Gasteiger partial charge in [0.1, 0.15) is 23.6 Å². The highest BCUT2D eigenvalue weighted by Crippen LogP contribution is 2.24. The van der Waals surface area contributed by atoms with E-state index >= 15 is 0 Å². The lowest BCUT2D eigenvalue weighted by Crippen LogP contribution is -1.85. The molecule has 0 unspecified atom stereocenters. The second-order valence-corrected chi connectivity index (χ2v) is 3.29. The summed E-state index contributed by atoms with van der Waals surface area (Å²) in [5, 5.41) is 0. The molecule has 1 aromatic heterocycles. The van der Waals surface area contributed by atoms with Crippen molar-refractivity contribution in [1.82, 2.24) is 4.98 Å². The summed E-state index contributed by atoms with van der Waals surface area (Å²) in [4.78, 5) is 4.12. The molecule has 0 aliphatic rings. The van der Waals surface area contributed by atoms with Crippen molar-refractivity contribution in [2.75, 3.05) is 0 Å². The number of hydrogen-bond acceptors (Lipinski definition) is 2. The largest absolute Gasteiger partial charge is 0.439 e. The van der Waals surface area contributed by atoms with Gasteiger partial charge in [0, 0.05) is 27.6 Å². The molecule has 0 fully saturated rings. The Morgan fingerprint density at radius 2 is 2.07 bits per heavy atom. The van der Waals surface area contributed by atoms with Gasteiger partial charge < -0.3 is 4.42 Å². The van der Waals surface area contributed by atoms with Crippen LogP contribution >= 0.6 is 15.9 Å². The smallest absolute Gasteiger partial charge is 0.264 e. The number of hydrogen-bond donors (Lipinski definition) is 0. The van der Waals surface area contributed by atoms with Crippen LogP contribution in [-0.2, 0) is 0 Å². The Bertz CT molecular complexity index is 470. The maximum Gasteiger partial charge on any atom is 0.264 e. The molecule has 0 amide bonds. The summed E-state index contributed by atoms with van der Waals surface area (Å²) in [5.74, 6) is -1.28. The maximum atomic E-state index is 13.2. The van der Waals surface area contributed by atoms with Gasteiger partial charge in [-0.05, 0) is 12.1 Å². The molecule has 0 spiro atoms. The average molecular weight is 260 g/mol. The highest BCUT2D eigenvalue weighted by atomic mass is 79.9. The summed E-state index contributed by atoms with van der Waals surface area (Å²) >= 11 is 2.99. The predicted octanol–water partition coefficient (Wildman–Crippen LogP) is 3.38. The Kier molecular flexibility index (Phi) is 2.33. The zero-order valence-electron chi connectivity index (χ0n) is 6.80. The molecular formula is C9H4BrF2NO. The van der Waals surface area contributed by atoms with Gasteiger partial charge in [0.05, 0.1) is 0 Å². The van der Waals surface area contributed by atoms with Gasteiger partial charge in [0.15, 0.2) is 0 Å². The van der Waals surface area contributed by atoms with Crippen molar-refractivity contribution in [3.63, 3.8) is 0 Å². The van der Waals surface area contributed by atoms with Gasteiger partial charge in [-0.3, -0.25) is 0 Å². The zero-order valence-corrected chi connectivity index (χ0v) is 8.38. The molecule has 0 saturated carbocycles. The van der Waals surface area contributed by atoms with Crippen LogP contribution in [0.15, 0.2) is 33.7 Å². The first kappa shape index (κ1) is 9.33. The Morgan fingerprint density at radius 3 is 2.64 bits per heavy atom. The summed E-state index contributed by atoms with van der Waals surface area (Å²) in [5.41, 5.74) is 0.537. The minimum atomic E-state index is -0.661. The highest BCUT2D eigenvalue weighted by Gasteiger charge is 2.09. The lowest BCUT2D eigenvalue weighted by Gasteiger charge is -1.97. The van der Waals surface area contributed by atoms with Gasteiger partial charge in [0.25, 0.3) is 4.80 Å². The van der Waals surface area contributed by atoms with Gasteiger partial charge in [-0.1, -0.05) is 0 Å². The van der Waals surface area contributed by atoms with E-state index in [1.54, 1.807) is 0 Å². The normalized spacial score (nSPS) is 10.5. The monoisotopic (exact) mass is 259 g/mol. The van der Waals surface area contributed by atoms with Crippen LogP contribution in [-0.4, -0.2) is 4.98 Å². The van der Waals surface area contributed by atoms with E-state index < -0.39 is 11.6 Å². The standard InChI is InChI=1S/C9H4BrF2NO/c10-9-13-8(4-14-9)6-2-1-5(11)3-7(6)12/h1-4H. The van der Waals surface area contributed by atoms with E-state index in [1.807, 2.05) is 0 Å². The topological polar surface area (TPSA) is 26.0 Å². The Morgan fingerprint density at radius 1 is 1.29 bits per heavy atom. The van der Waals surface area contributed by atoms with Gasteiger partial charge in [-0.2, -0.15) is 0 Å². The van der Waals surface area contributed by atoms with Crippen LogP contribution in [0.25, 0.3) is 11.3 Å². The van der Waals surface area contributed by atoms with E-state index in [1.165, 1.54) is 18.4 Å². The second-order valence-electron chi connectivity index (χ2n) is 2.61. The molecule has 1 heterocycles. The van der Waals surface area contributed by atoms with Crippen molar-refractivity contribution in [3.05, 3.63) is 40.9 Å². The van der Waals surface area contributed by atoms with Gasteiger partial charge in [-0.15, -0.1) is 0 Å². The molecule has 0 N–H and O–H groups in total. The molecule has 14 heavy (non-hydrogen) atoms. The van der Waals surface area contributed by atoms with E-state index in [0.717, 1.165) is 6.07 Å². The van der Waals surface area contributed by atoms with Gasteiger partial charge >= 0.3 is 0 Å². The number of aromatic nitrogens is 1. The fourth-order valence-corrected chi connectivity index (χ4v) is 1.36. The van der Waals surface area contributed by atoms with Crippen LogP contribution < -0.4 is 0 Å². The summed E-state index contributed by atoms with van der Waals surface area (Å²) in [6.45, 7) is 0. The number of rotatable bonds is 1. The second kappa shape index (κ2) is 3.49. The van der Waals surface area contributed by atoms with Crippen LogP contribution in [0.3, 0.4) is 0 Å². The Hall–Kier alpha value is -1.23. The quantitative estimate of drug-likeness (QED) is 0.785. The molecule has 1 aromatic carbocycles. The van der Waals surface area contributed by atoms with Crippen LogP contribution in [0, 0.1) is 11.6 Å². The fourth-order valence-electron chi connectivity index (χ4n) is 1.07. The van der Waals surface area contributed by atoms with Crippen molar-refractivity contribution in [3.8, 4) is 11.3 Å². The number of nitrogens with zero attached hydrogens (tertiary/aromatic N) is 1. The van der Waals surface area contributed by atoms with Crippen LogP contribution in [0.5, 0.6) is 0 Å². The molecule has 5 heteroatoms. The third-order valence-electron chi connectivity index (χ3n) is 1.68. The van der Waals surface area contributed by atoms with Gasteiger partial charge in [-0.25, -0.2) is 13.8 Å². The molecule has 0 atom stereocenters. The molecule has 0 radical (unpaired) electrons. The van der Waals surface area contributed by atoms with Crippen molar-refractivity contribution >= 4 is 15.9 Å². The number of oxazole rings is 1.